The highest BCUT2D eigenvalue weighted by Gasteiger charge is 2.49. The van der Waals surface area contributed by atoms with Gasteiger partial charge in [-0.05, 0) is 24.1 Å². The summed E-state index contributed by atoms with van der Waals surface area (Å²) >= 11 is 0. The number of ether oxygens (including phenoxy) is 1. The van der Waals surface area contributed by atoms with Crippen LogP contribution in [0.15, 0.2) is 35.9 Å². The van der Waals surface area contributed by atoms with Crippen molar-refractivity contribution in [3.8, 4) is 6.07 Å². The molecule has 6 heteroatoms. The summed E-state index contributed by atoms with van der Waals surface area (Å²) in [5, 5.41) is 9.18. The lowest BCUT2D eigenvalue weighted by atomic mass is 9.67. The molecule has 1 aliphatic carbocycles. The highest BCUT2D eigenvalue weighted by atomic mass is 19.4. The minimum absolute atomic E-state index is 0.0214. The average molecular weight is 323 g/mol. The monoisotopic (exact) mass is 323 g/mol. The van der Waals surface area contributed by atoms with Crippen LogP contribution in [-0.2, 0) is 21.3 Å². The van der Waals surface area contributed by atoms with Gasteiger partial charge in [0.25, 0.3) is 0 Å². The van der Waals surface area contributed by atoms with E-state index in [1.54, 1.807) is 19.9 Å². The van der Waals surface area contributed by atoms with E-state index in [0.29, 0.717) is 0 Å². The van der Waals surface area contributed by atoms with Crippen molar-refractivity contribution in [1.82, 2.24) is 0 Å². The smallest absolute Gasteiger partial charge is 0.369 e. The summed E-state index contributed by atoms with van der Waals surface area (Å²) in [7, 11) is 1.28. The Bertz CT molecular complexity index is 713. The normalized spacial score (nSPS) is 24.0. The Morgan fingerprint density at radius 3 is 2.39 bits per heavy atom. The number of methoxy groups -OCH3 is 1. The molecule has 0 radical (unpaired) electrons. The van der Waals surface area contributed by atoms with E-state index >= 15 is 0 Å². The molecule has 0 bridgehead atoms. The molecule has 0 fully saturated rings. The van der Waals surface area contributed by atoms with Crippen LogP contribution in [0.3, 0.4) is 0 Å². The number of benzene rings is 1. The second kappa shape index (κ2) is 5.50. The van der Waals surface area contributed by atoms with Gasteiger partial charge in [-0.15, -0.1) is 0 Å². The van der Waals surface area contributed by atoms with E-state index in [-0.39, 0.29) is 17.6 Å². The Hall–Kier alpha value is -2.13. The second-order valence-electron chi connectivity index (χ2n) is 6.20. The molecule has 122 valence electrons. The molecular weight excluding hydrogens is 307 g/mol. The first-order valence-corrected chi connectivity index (χ1v) is 6.97. The molecule has 1 atom stereocenters. The van der Waals surface area contributed by atoms with Crippen molar-refractivity contribution in [3.05, 3.63) is 47.0 Å². The highest BCUT2D eigenvalue weighted by molar-refractivity contribution is 6.04. The van der Waals surface area contributed by atoms with Gasteiger partial charge in [-0.1, -0.05) is 32.0 Å². The van der Waals surface area contributed by atoms with E-state index in [1.165, 1.54) is 31.4 Å². The largest absolute Gasteiger partial charge is 0.416 e. The molecule has 1 unspecified atom stereocenters. The molecule has 0 spiro atoms. The van der Waals surface area contributed by atoms with Gasteiger partial charge in [0.15, 0.2) is 5.78 Å². The fraction of sp³-hybridized carbons (Fsp3) is 0.412. The lowest BCUT2D eigenvalue weighted by molar-refractivity contribution is -0.142. The number of alkyl halides is 3. The number of nitrogens with zero attached hydrogens (tertiary/aromatic N) is 1. The third-order valence-electron chi connectivity index (χ3n) is 4.11. The quantitative estimate of drug-likeness (QED) is 0.826. The van der Waals surface area contributed by atoms with E-state index in [0.717, 1.165) is 6.07 Å². The lowest BCUT2D eigenvalue weighted by Gasteiger charge is -2.41. The van der Waals surface area contributed by atoms with Gasteiger partial charge in [-0.3, -0.25) is 4.79 Å². The Balaban J connectivity index is 2.76. The van der Waals surface area contributed by atoms with Gasteiger partial charge in [-0.25, -0.2) is 0 Å². The van der Waals surface area contributed by atoms with E-state index in [2.05, 4.69) is 0 Å². The van der Waals surface area contributed by atoms with Crippen molar-refractivity contribution in [1.29, 1.82) is 5.26 Å². The van der Waals surface area contributed by atoms with Gasteiger partial charge in [0.2, 0.25) is 0 Å². The van der Waals surface area contributed by atoms with Gasteiger partial charge >= 0.3 is 6.18 Å². The molecule has 1 aliphatic rings. The van der Waals surface area contributed by atoms with Crippen LogP contribution in [0.5, 0.6) is 0 Å². The number of hydrogen-bond donors (Lipinski definition) is 0. The zero-order valence-corrected chi connectivity index (χ0v) is 13.0. The number of Topliss-reactive ketones (excluding diaryl/α,β-unsaturated/α-hetero) is 1. The Kier molecular flexibility index (Phi) is 4.12. The fourth-order valence-electron chi connectivity index (χ4n) is 3.05. The van der Waals surface area contributed by atoms with Gasteiger partial charge in [0.1, 0.15) is 11.7 Å². The van der Waals surface area contributed by atoms with Crippen molar-refractivity contribution in [2.24, 2.45) is 5.41 Å². The molecule has 0 heterocycles. The molecule has 0 saturated carbocycles. The van der Waals surface area contributed by atoms with Crippen LogP contribution in [0, 0.1) is 16.7 Å². The molecule has 0 aromatic heterocycles. The number of allylic oxidation sites excluding steroid dienone is 1. The van der Waals surface area contributed by atoms with Crippen LogP contribution >= 0.6 is 0 Å². The number of carbonyl (C=O) groups is 1. The van der Waals surface area contributed by atoms with Crippen LogP contribution in [0.4, 0.5) is 13.2 Å². The molecule has 0 N–H and O–H groups in total. The molecule has 23 heavy (non-hydrogen) atoms. The first kappa shape index (κ1) is 17.2. The van der Waals surface area contributed by atoms with Crippen molar-refractivity contribution in [2.75, 3.05) is 7.11 Å². The van der Waals surface area contributed by atoms with Crippen LogP contribution in [0.1, 0.15) is 31.4 Å². The van der Waals surface area contributed by atoms with E-state index in [1.807, 2.05) is 0 Å². The number of hydrogen-bond acceptors (Lipinski definition) is 3. The van der Waals surface area contributed by atoms with Crippen molar-refractivity contribution < 1.29 is 22.7 Å². The topological polar surface area (TPSA) is 50.1 Å². The molecule has 1 aromatic carbocycles. The van der Waals surface area contributed by atoms with Crippen LogP contribution in [-0.4, -0.2) is 12.9 Å². The zero-order valence-electron chi connectivity index (χ0n) is 13.0. The van der Waals surface area contributed by atoms with Crippen molar-refractivity contribution >= 4 is 5.78 Å². The minimum atomic E-state index is -4.56. The summed E-state index contributed by atoms with van der Waals surface area (Å²) < 4.78 is 45.5. The van der Waals surface area contributed by atoms with Crippen molar-refractivity contribution in [2.45, 2.75) is 32.0 Å². The van der Waals surface area contributed by atoms with Gasteiger partial charge in [-0.2, -0.15) is 18.4 Å². The van der Waals surface area contributed by atoms with Gasteiger partial charge in [0.05, 0.1) is 11.1 Å². The number of halogens is 3. The Morgan fingerprint density at radius 2 is 1.87 bits per heavy atom. The maximum atomic E-state index is 13.3. The zero-order chi connectivity index (χ0) is 17.5. The third kappa shape index (κ3) is 2.89. The second-order valence-corrected chi connectivity index (χ2v) is 6.20. The summed E-state index contributed by atoms with van der Waals surface area (Å²) in [4.78, 5) is 12.2. The molecule has 0 aliphatic heterocycles. The summed E-state index contributed by atoms with van der Waals surface area (Å²) in [5.41, 5.74) is -3.59. The van der Waals surface area contributed by atoms with Crippen molar-refractivity contribution in [3.63, 3.8) is 0 Å². The molecule has 2 rings (SSSR count). The van der Waals surface area contributed by atoms with E-state index in [9.17, 15) is 23.2 Å². The van der Waals surface area contributed by atoms with Gasteiger partial charge < -0.3 is 4.74 Å². The number of nitriles is 1. The SMILES string of the molecule is COC1(c2ccccc2C(F)(F)F)C=C(C#N)C(=O)C(C)(C)C1. The van der Waals surface area contributed by atoms with Crippen LogP contribution in [0.2, 0.25) is 0 Å². The minimum Gasteiger partial charge on any atom is -0.369 e. The average Bonchev–Trinajstić information content (AvgIpc) is 2.49. The number of rotatable bonds is 2. The van der Waals surface area contributed by atoms with E-state index < -0.39 is 28.5 Å². The third-order valence-corrected chi connectivity index (χ3v) is 4.11. The molecule has 0 amide bonds. The van der Waals surface area contributed by atoms with Crippen LogP contribution in [0.25, 0.3) is 0 Å². The number of carbonyl (C=O) groups excluding carboxylic acids is 1. The number of ketones is 1. The summed E-state index contributed by atoms with van der Waals surface area (Å²) in [5.74, 6) is -0.392. The summed E-state index contributed by atoms with van der Waals surface area (Å²) in [6, 6.07) is 6.85. The Morgan fingerprint density at radius 1 is 1.26 bits per heavy atom. The predicted octanol–water partition coefficient (Wildman–Crippen LogP) is 4.00. The highest BCUT2D eigenvalue weighted by Crippen LogP contribution is 2.48. The maximum absolute atomic E-state index is 13.3. The lowest BCUT2D eigenvalue weighted by Crippen LogP contribution is -2.43. The Labute approximate surface area is 132 Å². The summed E-state index contributed by atoms with van der Waals surface area (Å²) in [6.07, 6.45) is -3.33. The van der Waals surface area contributed by atoms with Gasteiger partial charge in [0, 0.05) is 12.5 Å². The van der Waals surface area contributed by atoms with E-state index in [4.69, 9.17) is 4.74 Å². The van der Waals surface area contributed by atoms with Crippen LogP contribution < -0.4 is 0 Å². The maximum Gasteiger partial charge on any atom is 0.416 e. The summed E-state index contributed by atoms with van der Waals surface area (Å²) in [6.45, 7) is 3.20. The molecule has 3 nitrogen and oxygen atoms in total. The first-order valence-electron chi connectivity index (χ1n) is 6.97. The first-order chi connectivity index (χ1) is 10.6. The molecular formula is C17H16F3NO2. The predicted molar refractivity (Wildman–Crippen MR) is 77.2 cm³/mol. The fourth-order valence-corrected chi connectivity index (χ4v) is 3.05. The standard InChI is InChI=1S/C17H16F3NO2/c1-15(2)10-16(23-3,8-11(9-21)14(15)22)12-6-4-5-7-13(12)17(18,19)20/h4-8H,10H2,1-3H3. The molecule has 1 aromatic rings. The molecule has 0 saturated heterocycles.